The van der Waals surface area contributed by atoms with Crippen LogP contribution >= 0.6 is 11.6 Å². The number of aliphatic hydroxyl groups excluding tert-OH is 1. The number of hydrogen-bond acceptors (Lipinski definition) is 2. The van der Waals surface area contributed by atoms with E-state index in [-0.39, 0.29) is 0 Å². The number of aliphatic hydroxyl groups is 1. The molecule has 1 atom stereocenters. The summed E-state index contributed by atoms with van der Waals surface area (Å²) in [7, 11) is 0. The fourth-order valence-electron chi connectivity index (χ4n) is 1.65. The molecule has 0 saturated carbocycles. The van der Waals surface area contributed by atoms with Crippen LogP contribution in [0, 0.1) is 6.92 Å². The first-order chi connectivity index (χ1) is 7.68. The topological polar surface area (TPSA) is 33.1 Å². The van der Waals surface area contributed by atoms with Gasteiger partial charge in [0, 0.05) is 11.3 Å². The molecule has 0 amide bonds. The van der Waals surface area contributed by atoms with Crippen molar-refractivity contribution in [1.29, 1.82) is 0 Å². The zero-order valence-electron chi connectivity index (χ0n) is 8.89. The van der Waals surface area contributed by atoms with E-state index in [0.717, 1.165) is 16.8 Å². The zero-order valence-corrected chi connectivity index (χ0v) is 9.65. The maximum absolute atomic E-state index is 10.2. The van der Waals surface area contributed by atoms with E-state index in [1.165, 1.54) is 0 Å². The molecule has 1 aromatic heterocycles. The molecule has 16 heavy (non-hydrogen) atoms. The highest BCUT2D eigenvalue weighted by Gasteiger charge is 2.13. The number of halogens is 1. The van der Waals surface area contributed by atoms with E-state index in [4.69, 9.17) is 11.6 Å². The van der Waals surface area contributed by atoms with Crippen molar-refractivity contribution in [3.63, 3.8) is 0 Å². The third kappa shape index (κ3) is 2.23. The van der Waals surface area contributed by atoms with Crippen molar-refractivity contribution < 1.29 is 5.11 Å². The molecule has 0 saturated heterocycles. The molecule has 82 valence electrons. The summed E-state index contributed by atoms with van der Waals surface area (Å²) < 4.78 is 0. The Morgan fingerprint density at radius 2 is 1.81 bits per heavy atom. The van der Waals surface area contributed by atoms with E-state index >= 15 is 0 Å². The van der Waals surface area contributed by atoms with Gasteiger partial charge >= 0.3 is 0 Å². The predicted octanol–water partition coefficient (Wildman–Crippen LogP) is 3.13. The lowest BCUT2D eigenvalue weighted by Gasteiger charge is -2.13. The third-order valence-corrected chi connectivity index (χ3v) is 2.71. The molecule has 0 aliphatic rings. The second-order valence-electron chi connectivity index (χ2n) is 3.62. The van der Waals surface area contributed by atoms with Gasteiger partial charge in [-0.2, -0.15) is 0 Å². The van der Waals surface area contributed by atoms with E-state index in [1.807, 2.05) is 43.3 Å². The van der Waals surface area contributed by atoms with Gasteiger partial charge in [-0.05, 0) is 18.6 Å². The summed E-state index contributed by atoms with van der Waals surface area (Å²) in [6, 6.07) is 13.0. The van der Waals surface area contributed by atoms with Gasteiger partial charge in [-0.3, -0.25) is 0 Å². The summed E-state index contributed by atoms with van der Waals surface area (Å²) >= 11 is 5.77. The largest absolute Gasteiger partial charge is 0.384 e. The van der Waals surface area contributed by atoms with Crippen molar-refractivity contribution in [2.45, 2.75) is 13.0 Å². The van der Waals surface area contributed by atoms with Gasteiger partial charge in [0.25, 0.3) is 0 Å². The highest BCUT2D eigenvalue weighted by molar-refractivity contribution is 6.29. The van der Waals surface area contributed by atoms with Crippen LogP contribution in [0.4, 0.5) is 0 Å². The summed E-state index contributed by atoms with van der Waals surface area (Å²) in [5.74, 6) is 0. The van der Waals surface area contributed by atoms with Crippen molar-refractivity contribution >= 4 is 11.6 Å². The molecule has 1 heterocycles. The maximum atomic E-state index is 10.2. The van der Waals surface area contributed by atoms with Crippen LogP contribution in [0.1, 0.15) is 22.9 Å². The summed E-state index contributed by atoms with van der Waals surface area (Å²) in [6.07, 6.45) is -0.647. The van der Waals surface area contributed by atoms with Crippen molar-refractivity contribution in [2.24, 2.45) is 0 Å². The third-order valence-electron chi connectivity index (χ3n) is 2.50. The second kappa shape index (κ2) is 4.64. The average molecular weight is 234 g/mol. The summed E-state index contributed by atoms with van der Waals surface area (Å²) in [4.78, 5) is 4.13. The molecule has 3 heteroatoms. The minimum atomic E-state index is -0.647. The van der Waals surface area contributed by atoms with Gasteiger partial charge < -0.3 is 5.11 Å². The molecule has 2 nitrogen and oxygen atoms in total. The smallest absolute Gasteiger partial charge is 0.129 e. The Labute approximate surface area is 99.5 Å². The Morgan fingerprint density at radius 1 is 1.12 bits per heavy atom. The van der Waals surface area contributed by atoms with Crippen molar-refractivity contribution in [1.82, 2.24) is 4.98 Å². The summed E-state index contributed by atoms with van der Waals surface area (Å²) in [5, 5.41) is 10.6. The van der Waals surface area contributed by atoms with Crippen molar-refractivity contribution in [3.05, 3.63) is 64.4 Å². The predicted molar refractivity (Wildman–Crippen MR) is 64.5 cm³/mol. The molecule has 2 rings (SSSR count). The zero-order chi connectivity index (χ0) is 11.5. The van der Waals surface area contributed by atoms with Crippen LogP contribution < -0.4 is 0 Å². The van der Waals surface area contributed by atoms with Crippen molar-refractivity contribution in [2.75, 3.05) is 0 Å². The normalized spacial score (nSPS) is 12.4. The SMILES string of the molecule is Cc1nc(Cl)ccc1[C@@H](O)c1ccccc1. The van der Waals surface area contributed by atoms with E-state index in [0.29, 0.717) is 5.15 Å². The van der Waals surface area contributed by atoms with Gasteiger partial charge in [0.1, 0.15) is 11.3 Å². The van der Waals surface area contributed by atoms with Gasteiger partial charge in [-0.15, -0.1) is 0 Å². The van der Waals surface area contributed by atoms with Crippen LogP contribution in [0.25, 0.3) is 0 Å². The molecule has 0 aliphatic heterocycles. The summed E-state index contributed by atoms with van der Waals surface area (Å²) in [5.41, 5.74) is 2.40. The number of nitrogens with zero attached hydrogens (tertiary/aromatic N) is 1. The lowest BCUT2D eigenvalue weighted by molar-refractivity contribution is 0.219. The molecule has 0 unspecified atom stereocenters. The van der Waals surface area contributed by atoms with Gasteiger partial charge in [0.2, 0.25) is 0 Å². The van der Waals surface area contributed by atoms with E-state index in [2.05, 4.69) is 4.98 Å². The van der Waals surface area contributed by atoms with Crippen LogP contribution in [0.3, 0.4) is 0 Å². The number of aryl methyl sites for hydroxylation is 1. The quantitative estimate of drug-likeness (QED) is 0.809. The maximum Gasteiger partial charge on any atom is 0.129 e. The molecule has 0 aliphatic carbocycles. The minimum absolute atomic E-state index is 0.446. The number of benzene rings is 1. The standard InChI is InChI=1S/C13H12ClNO/c1-9-11(7-8-12(14)15-9)13(16)10-5-3-2-4-6-10/h2-8,13,16H,1H3/t13-/m0/s1. The summed E-state index contributed by atoms with van der Waals surface area (Å²) in [6.45, 7) is 1.84. The van der Waals surface area contributed by atoms with E-state index in [9.17, 15) is 5.11 Å². The molecule has 0 bridgehead atoms. The van der Waals surface area contributed by atoms with Gasteiger partial charge in [-0.1, -0.05) is 48.0 Å². The molecule has 0 spiro atoms. The number of aromatic nitrogens is 1. The Bertz CT molecular complexity index is 485. The second-order valence-corrected chi connectivity index (χ2v) is 4.01. The highest BCUT2D eigenvalue weighted by atomic mass is 35.5. The highest BCUT2D eigenvalue weighted by Crippen LogP contribution is 2.24. The minimum Gasteiger partial charge on any atom is -0.384 e. The Hall–Kier alpha value is -1.38. The van der Waals surface area contributed by atoms with Crippen LogP contribution in [0.2, 0.25) is 5.15 Å². The number of pyridine rings is 1. The molecular formula is C13H12ClNO. The number of hydrogen-bond donors (Lipinski definition) is 1. The molecule has 0 fully saturated rings. The fourth-order valence-corrected chi connectivity index (χ4v) is 1.83. The molecule has 0 radical (unpaired) electrons. The number of rotatable bonds is 2. The van der Waals surface area contributed by atoms with Crippen LogP contribution in [-0.2, 0) is 0 Å². The van der Waals surface area contributed by atoms with E-state index < -0.39 is 6.10 Å². The molecule has 1 N–H and O–H groups in total. The lowest BCUT2D eigenvalue weighted by Crippen LogP contribution is -2.03. The molecule has 1 aromatic carbocycles. The monoisotopic (exact) mass is 233 g/mol. The lowest BCUT2D eigenvalue weighted by atomic mass is 10.0. The van der Waals surface area contributed by atoms with E-state index in [1.54, 1.807) is 6.07 Å². The van der Waals surface area contributed by atoms with Gasteiger partial charge in [0.05, 0.1) is 0 Å². The average Bonchev–Trinajstić information content (AvgIpc) is 2.29. The first kappa shape index (κ1) is 11.1. The van der Waals surface area contributed by atoms with Crippen LogP contribution in [0.5, 0.6) is 0 Å². The fraction of sp³-hybridized carbons (Fsp3) is 0.154. The molecule has 2 aromatic rings. The van der Waals surface area contributed by atoms with Gasteiger partial charge in [-0.25, -0.2) is 4.98 Å². The first-order valence-corrected chi connectivity index (χ1v) is 5.42. The van der Waals surface area contributed by atoms with Gasteiger partial charge in [0.15, 0.2) is 0 Å². The Balaban J connectivity index is 2.38. The Kier molecular flexibility index (Phi) is 3.22. The van der Waals surface area contributed by atoms with Crippen molar-refractivity contribution in [3.8, 4) is 0 Å². The van der Waals surface area contributed by atoms with Crippen LogP contribution in [0.15, 0.2) is 42.5 Å². The molecular weight excluding hydrogens is 222 g/mol. The Morgan fingerprint density at radius 3 is 2.44 bits per heavy atom. The first-order valence-electron chi connectivity index (χ1n) is 5.04. The van der Waals surface area contributed by atoms with Crippen LogP contribution in [-0.4, -0.2) is 10.1 Å².